The van der Waals surface area contributed by atoms with E-state index < -0.39 is 0 Å². The van der Waals surface area contributed by atoms with Crippen LogP contribution in [0.5, 0.6) is 11.5 Å². The molecule has 1 saturated heterocycles. The summed E-state index contributed by atoms with van der Waals surface area (Å²) < 4.78 is 12.7. The van der Waals surface area contributed by atoms with Crippen LogP contribution in [0.2, 0.25) is 0 Å². The number of hydrogen-bond acceptors (Lipinski definition) is 5. The molecular formula is C26H22BrNO4S. The van der Waals surface area contributed by atoms with E-state index in [-0.39, 0.29) is 17.7 Å². The first-order valence-electron chi connectivity index (χ1n) is 10.4. The monoisotopic (exact) mass is 523 g/mol. The quantitative estimate of drug-likeness (QED) is 0.240. The number of ether oxygens (including phenoxy) is 2. The van der Waals surface area contributed by atoms with Gasteiger partial charge in [-0.1, -0.05) is 48.5 Å². The SMILES string of the molecule is C=CCN1C(=O)S/C(=C/c2cc(Br)c(OCc3cccc4ccccc34)c(OCC)c2)C1=O. The molecule has 0 bridgehead atoms. The molecule has 0 unspecified atom stereocenters. The smallest absolute Gasteiger partial charge is 0.293 e. The molecule has 5 nitrogen and oxygen atoms in total. The minimum Gasteiger partial charge on any atom is -0.490 e. The van der Waals surface area contributed by atoms with Crippen LogP contribution < -0.4 is 9.47 Å². The lowest BCUT2D eigenvalue weighted by molar-refractivity contribution is -0.122. The van der Waals surface area contributed by atoms with Gasteiger partial charge in [0.15, 0.2) is 11.5 Å². The maximum atomic E-state index is 12.5. The van der Waals surface area contributed by atoms with Gasteiger partial charge in [0.25, 0.3) is 11.1 Å². The number of halogens is 1. The van der Waals surface area contributed by atoms with Gasteiger partial charge in [0.2, 0.25) is 0 Å². The lowest BCUT2D eigenvalue weighted by Crippen LogP contribution is -2.27. The molecule has 3 aromatic rings. The molecule has 1 fully saturated rings. The number of fused-ring (bicyclic) bond motifs is 1. The van der Waals surface area contributed by atoms with E-state index in [9.17, 15) is 9.59 Å². The topological polar surface area (TPSA) is 55.8 Å². The molecule has 2 amide bonds. The van der Waals surface area contributed by atoms with Crippen LogP contribution in [0.15, 0.2) is 76.6 Å². The second kappa shape index (κ2) is 10.3. The van der Waals surface area contributed by atoms with Crippen LogP contribution >= 0.6 is 27.7 Å². The fourth-order valence-electron chi connectivity index (χ4n) is 3.58. The van der Waals surface area contributed by atoms with Crippen LogP contribution in [0.3, 0.4) is 0 Å². The summed E-state index contributed by atoms with van der Waals surface area (Å²) in [6.45, 7) is 6.52. The lowest BCUT2D eigenvalue weighted by atomic mass is 10.1. The summed E-state index contributed by atoms with van der Waals surface area (Å²) >= 11 is 4.51. The maximum absolute atomic E-state index is 12.5. The average molecular weight is 524 g/mol. The van der Waals surface area contributed by atoms with Gasteiger partial charge in [0, 0.05) is 6.54 Å². The van der Waals surface area contributed by atoms with Gasteiger partial charge in [-0.05, 0) is 74.7 Å². The van der Waals surface area contributed by atoms with Gasteiger partial charge < -0.3 is 9.47 Å². The van der Waals surface area contributed by atoms with Crippen LogP contribution in [-0.4, -0.2) is 29.2 Å². The van der Waals surface area contributed by atoms with Crippen molar-refractivity contribution in [2.24, 2.45) is 0 Å². The Morgan fingerprint density at radius 1 is 1.09 bits per heavy atom. The third-order valence-electron chi connectivity index (χ3n) is 5.07. The van der Waals surface area contributed by atoms with Gasteiger partial charge in [-0.2, -0.15) is 0 Å². The first-order chi connectivity index (χ1) is 16.0. The summed E-state index contributed by atoms with van der Waals surface area (Å²) in [7, 11) is 0. The third-order valence-corrected chi connectivity index (χ3v) is 6.56. The molecule has 0 spiro atoms. The Hall–Kier alpha value is -3.03. The van der Waals surface area contributed by atoms with Crippen LogP contribution in [0.4, 0.5) is 4.79 Å². The Balaban J connectivity index is 1.62. The Morgan fingerprint density at radius 3 is 2.67 bits per heavy atom. The molecule has 1 aliphatic heterocycles. The van der Waals surface area contributed by atoms with Crippen molar-refractivity contribution in [3.8, 4) is 11.5 Å². The van der Waals surface area contributed by atoms with Crippen LogP contribution in [0, 0.1) is 0 Å². The largest absolute Gasteiger partial charge is 0.490 e. The van der Waals surface area contributed by atoms with Gasteiger partial charge in [-0.3, -0.25) is 14.5 Å². The number of hydrogen-bond donors (Lipinski definition) is 0. The standard InChI is InChI=1S/C26H22BrNO4S/c1-3-12-28-25(29)23(33-26(28)30)15-17-13-21(27)24(22(14-17)31-4-2)32-16-19-10-7-9-18-8-5-6-11-20(18)19/h3,5-11,13-15H,1,4,12,16H2,2H3/b23-15+. The molecule has 0 aliphatic carbocycles. The fourth-order valence-corrected chi connectivity index (χ4v) is 5.00. The van der Waals surface area contributed by atoms with Gasteiger partial charge in [0.1, 0.15) is 6.61 Å². The molecule has 3 aromatic carbocycles. The molecule has 0 atom stereocenters. The molecule has 0 saturated carbocycles. The van der Waals surface area contributed by atoms with Gasteiger partial charge in [0.05, 0.1) is 16.0 Å². The molecule has 4 rings (SSSR count). The molecule has 168 valence electrons. The first kappa shape index (κ1) is 23.1. The summed E-state index contributed by atoms with van der Waals surface area (Å²) in [5.41, 5.74) is 1.80. The van der Waals surface area contributed by atoms with Gasteiger partial charge in [-0.25, -0.2) is 0 Å². The highest BCUT2D eigenvalue weighted by molar-refractivity contribution is 9.10. The van der Waals surface area contributed by atoms with Crippen molar-refractivity contribution < 1.29 is 19.1 Å². The second-order valence-corrected chi connectivity index (χ2v) is 9.12. The number of nitrogens with zero attached hydrogens (tertiary/aromatic N) is 1. The highest BCUT2D eigenvalue weighted by atomic mass is 79.9. The molecular weight excluding hydrogens is 502 g/mol. The van der Waals surface area contributed by atoms with Crippen molar-refractivity contribution in [2.75, 3.05) is 13.2 Å². The van der Waals surface area contributed by atoms with Crippen molar-refractivity contribution in [1.29, 1.82) is 0 Å². The summed E-state index contributed by atoms with van der Waals surface area (Å²) in [6.07, 6.45) is 3.22. The normalized spacial score (nSPS) is 14.8. The summed E-state index contributed by atoms with van der Waals surface area (Å²) in [5.74, 6) is 0.820. The molecule has 1 aliphatic rings. The zero-order valence-electron chi connectivity index (χ0n) is 18.0. The van der Waals surface area contributed by atoms with E-state index in [1.54, 1.807) is 6.08 Å². The van der Waals surface area contributed by atoms with E-state index in [0.717, 1.165) is 33.7 Å². The minimum atomic E-state index is -0.324. The Morgan fingerprint density at radius 2 is 1.88 bits per heavy atom. The number of rotatable bonds is 8. The summed E-state index contributed by atoms with van der Waals surface area (Å²) in [4.78, 5) is 26.2. The third kappa shape index (κ3) is 4.99. The zero-order valence-corrected chi connectivity index (χ0v) is 20.4. The van der Waals surface area contributed by atoms with Crippen molar-refractivity contribution in [2.45, 2.75) is 13.5 Å². The molecule has 33 heavy (non-hydrogen) atoms. The minimum absolute atomic E-state index is 0.191. The summed E-state index contributed by atoms with van der Waals surface area (Å²) in [6, 6.07) is 18.0. The van der Waals surface area contributed by atoms with Gasteiger partial charge in [-0.15, -0.1) is 6.58 Å². The maximum Gasteiger partial charge on any atom is 0.293 e. The number of thioether (sulfide) groups is 1. The van der Waals surface area contributed by atoms with E-state index in [0.29, 0.717) is 34.1 Å². The predicted molar refractivity (Wildman–Crippen MR) is 136 cm³/mol. The van der Waals surface area contributed by atoms with Gasteiger partial charge >= 0.3 is 0 Å². The number of benzene rings is 3. The van der Waals surface area contributed by atoms with E-state index in [1.165, 1.54) is 11.0 Å². The van der Waals surface area contributed by atoms with E-state index >= 15 is 0 Å². The first-order valence-corrected chi connectivity index (χ1v) is 12.0. The predicted octanol–water partition coefficient (Wildman–Crippen LogP) is 6.80. The molecule has 0 N–H and O–H groups in total. The number of carbonyl (C=O) groups is 2. The van der Waals surface area contributed by atoms with E-state index in [2.05, 4.69) is 40.7 Å². The van der Waals surface area contributed by atoms with Crippen LogP contribution in [0.25, 0.3) is 16.8 Å². The highest BCUT2D eigenvalue weighted by Gasteiger charge is 2.34. The number of amides is 2. The van der Waals surface area contributed by atoms with Crippen molar-refractivity contribution in [1.82, 2.24) is 4.90 Å². The second-order valence-electron chi connectivity index (χ2n) is 7.27. The lowest BCUT2D eigenvalue weighted by Gasteiger charge is -2.16. The van der Waals surface area contributed by atoms with E-state index in [4.69, 9.17) is 9.47 Å². The Labute approximate surface area is 205 Å². The van der Waals surface area contributed by atoms with Crippen molar-refractivity contribution >= 4 is 55.7 Å². The van der Waals surface area contributed by atoms with Crippen molar-refractivity contribution in [3.63, 3.8) is 0 Å². The Kier molecular flexibility index (Phi) is 7.20. The average Bonchev–Trinajstić information content (AvgIpc) is 3.06. The van der Waals surface area contributed by atoms with Crippen LogP contribution in [-0.2, 0) is 11.4 Å². The number of imide groups is 1. The zero-order chi connectivity index (χ0) is 23.4. The van der Waals surface area contributed by atoms with Crippen molar-refractivity contribution in [3.05, 3.63) is 87.8 Å². The van der Waals surface area contributed by atoms with Crippen LogP contribution in [0.1, 0.15) is 18.1 Å². The molecule has 0 radical (unpaired) electrons. The number of carbonyl (C=O) groups excluding carboxylic acids is 2. The fraction of sp³-hybridized carbons (Fsp3) is 0.154. The molecule has 7 heteroatoms. The highest BCUT2D eigenvalue weighted by Crippen LogP contribution is 2.40. The molecule has 0 aromatic heterocycles. The summed E-state index contributed by atoms with van der Waals surface area (Å²) in [5, 5.41) is 2.00. The Bertz CT molecular complexity index is 1270. The molecule has 1 heterocycles. The van der Waals surface area contributed by atoms with E-state index in [1.807, 2.05) is 43.3 Å².